The highest BCUT2D eigenvalue weighted by Gasteiger charge is 2.25. The number of aliphatic hydroxyl groups is 2. The lowest BCUT2D eigenvalue weighted by molar-refractivity contribution is 0.0113. The van der Waals surface area contributed by atoms with Crippen molar-refractivity contribution in [3.63, 3.8) is 0 Å². The largest absolute Gasteiger partial charge is 0.478 e. The van der Waals surface area contributed by atoms with Gasteiger partial charge < -0.3 is 25.4 Å². The lowest BCUT2D eigenvalue weighted by Crippen LogP contribution is -2.34. The maximum atomic E-state index is 11.5. The quantitative estimate of drug-likeness (QED) is 0.568. The molecule has 4 N–H and O–H groups in total. The van der Waals surface area contributed by atoms with E-state index >= 15 is 0 Å². The van der Waals surface area contributed by atoms with Gasteiger partial charge in [-0.15, -0.1) is 0 Å². The number of hydrogen-bond acceptors (Lipinski definition) is 6. The first-order valence-electron chi connectivity index (χ1n) is 7.23. The topological polar surface area (TPSA) is 129 Å². The number of aromatic carboxylic acids is 1. The van der Waals surface area contributed by atoms with Gasteiger partial charge in [-0.1, -0.05) is 11.6 Å². The Kier molecular flexibility index (Phi) is 6.94. The third-order valence-corrected chi connectivity index (χ3v) is 3.13. The van der Waals surface area contributed by atoms with E-state index in [2.05, 4.69) is 10.3 Å². The number of aromatic nitrogens is 1. The first-order valence-corrected chi connectivity index (χ1v) is 7.61. The lowest BCUT2D eigenvalue weighted by Gasteiger charge is -2.21. The molecular formula is C15H21ClN2O6. The van der Waals surface area contributed by atoms with Gasteiger partial charge in [0.2, 0.25) is 0 Å². The van der Waals surface area contributed by atoms with Crippen molar-refractivity contribution in [2.75, 3.05) is 6.54 Å². The van der Waals surface area contributed by atoms with Crippen molar-refractivity contribution in [1.29, 1.82) is 0 Å². The minimum Gasteiger partial charge on any atom is -0.478 e. The van der Waals surface area contributed by atoms with Gasteiger partial charge in [0.1, 0.15) is 16.9 Å². The SMILES string of the molecule is CC(C)(C)OC(=O)NCCC(O)C(O)c1cnc(Cl)cc1C(=O)O. The number of rotatable bonds is 6. The average molecular weight is 361 g/mol. The van der Waals surface area contributed by atoms with E-state index in [1.807, 2.05) is 0 Å². The van der Waals surface area contributed by atoms with Crippen LogP contribution < -0.4 is 5.32 Å². The van der Waals surface area contributed by atoms with Crippen LogP contribution in [0.5, 0.6) is 0 Å². The number of ether oxygens (including phenoxy) is 1. The predicted octanol–water partition coefficient (Wildman–Crippen LogP) is 1.74. The van der Waals surface area contributed by atoms with E-state index in [9.17, 15) is 19.8 Å². The van der Waals surface area contributed by atoms with Crippen molar-refractivity contribution in [1.82, 2.24) is 10.3 Å². The van der Waals surface area contributed by atoms with Crippen molar-refractivity contribution in [3.8, 4) is 0 Å². The van der Waals surface area contributed by atoms with Gasteiger partial charge in [0.15, 0.2) is 0 Å². The van der Waals surface area contributed by atoms with Crippen LogP contribution in [0.25, 0.3) is 0 Å². The van der Waals surface area contributed by atoms with Crippen LogP contribution in [-0.4, -0.2) is 50.6 Å². The van der Waals surface area contributed by atoms with Gasteiger partial charge in [0.25, 0.3) is 0 Å². The minimum absolute atomic E-state index is 0.0118. The zero-order valence-electron chi connectivity index (χ0n) is 13.6. The number of alkyl carbamates (subject to hydrolysis) is 1. The third-order valence-electron chi connectivity index (χ3n) is 2.92. The number of carbonyl (C=O) groups is 2. The highest BCUT2D eigenvalue weighted by atomic mass is 35.5. The zero-order valence-corrected chi connectivity index (χ0v) is 14.4. The molecule has 0 saturated heterocycles. The molecule has 0 aliphatic rings. The summed E-state index contributed by atoms with van der Waals surface area (Å²) >= 11 is 5.64. The summed E-state index contributed by atoms with van der Waals surface area (Å²) in [7, 11) is 0. The second kappa shape index (κ2) is 8.27. The van der Waals surface area contributed by atoms with Gasteiger partial charge in [-0.05, 0) is 33.3 Å². The van der Waals surface area contributed by atoms with E-state index in [0.717, 1.165) is 12.3 Å². The molecule has 1 heterocycles. The zero-order chi connectivity index (χ0) is 18.5. The molecule has 0 fully saturated rings. The monoisotopic (exact) mass is 360 g/mol. The Bertz CT molecular complexity index is 602. The third kappa shape index (κ3) is 6.31. The molecule has 8 nitrogen and oxygen atoms in total. The molecule has 0 saturated carbocycles. The number of pyridine rings is 1. The molecular weight excluding hydrogens is 340 g/mol. The second-order valence-corrected chi connectivity index (χ2v) is 6.52. The van der Waals surface area contributed by atoms with E-state index < -0.39 is 29.9 Å². The van der Waals surface area contributed by atoms with E-state index in [0.29, 0.717) is 0 Å². The number of carboxylic acid groups (broad SMARTS) is 1. The normalized spacial score (nSPS) is 13.9. The summed E-state index contributed by atoms with van der Waals surface area (Å²) in [6, 6.07) is 1.09. The van der Waals surface area contributed by atoms with Crippen molar-refractivity contribution in [2.24, 2.45) is 0 Å². The molecule has 1 amide bonds. The summed E-state index contributed by atoms with van der Waals surface area (Å²) in [4.78, 5) is 26.4. The summed E-state index contributed by atoms with van der Waals surface area (Å²) in [5.41, 5.74) is -0.952. The van der Waals surface area contributed by atoms with Crippen LogP contribution in [0.4, 0.5) is 4.79 Å². The number of halogens is 1. The van der Waals surface area contributed by atoms with Crippen LogP contribution in [0.3, 0.4) is 0 Å². The van der Waals surface area contributed by atoms with E-state index in [4.69, 9.17) is 21.4 Å². The Hall–Kier alpha value is -1.90. The fraction of sp³-hybridized carbons (Fsp3) is 0.533. The van der Waals surface area contributed by atoms with Gasteiger partial charge in [-0.2, -0.15) is 0 Å². The van der Waals surface area contributed by atoms with Crippen LogP contribution in [0.1, 0.15) is 49.2 Å². The molecule has 1 aromatic rings. The molecule has 0 bridgehead atoms. The number of carboxylic acids is 1. The first kappa shape index (κ1) is 20.1. The Morgan fingerprint density at radius 1 is 1.38 bits per heavy atom. The molecule has 0 aromatic carbocycles. The summed E-state index contributed by atoms with van der Waals surface area (Å²) in [5, 5.41) is 31.6. The molecule has 0 aliphatic carbocycles. The number of amides is 1. The van der Waals surface area contributed by atoms with Crippen LogP contribution in [0.2, 0.25) is 5.15 Å². The number of nitrogens with zero attached hydrogens (tertiary/aromatic N) is 1. The van der Waals surface area contributed by atoms with Crippen LogP contribution in [-0.2, 0) is 4.74 Å². The fourth-order valence-corrected chi connectivity index (χ4v) is 2.02. The summed E-state index contributed by atoms with van der Waals surface area (Å²) < 4.78 is 5.03. The maximum absolute atomic E-state index is 11.5. The Morgan fingerprint density at radius 2 is 2.00 bits per heavy atom. The molecule has 0 spiro atoms. The molecule has 2 unspecified atom stereocenters. The Morgan fingerprint density at radius 3 is 2.54 bits per heavy atom. The van der Waals surface area contributed by atoms with E-state index in [1.54, 1.807) is 20.8 Å². The standard InChI is InChI=1S/C15H21ClN2O6/c1-15(2,3)24-14(23)17-5-4-10(19)12(20)9-7-18-11(16)6-8(9)13(21)22/h6-7,10,12,19-20H,4-5H2,1-3H3,(H,17,23)(H,21,22). The lowest BCUT2D eigenvalue weighted by atomic mass is 9.99. The fourth-order valence-electron chi connectivity index (χ4n) is 1.86. The van der Waals surface area contributed by atoms with Crippen molar-refractivity contribution in [2.45, 2.75) is 45.0 Å². The summed E-state index contributed by atoms with van der Waals surface area (Å²) in [6.45, 7) is 5.18. The average Bonchev–Trinajstić information content (AvgIpc) is 2.44. The number of hydrogen-bond donors (Lipinski definition) is 4. The molecule has 0 radical (unpaired) electrons. The van der Waals surface area contributed by atoms with Crippen molar-refractivity contribution < 1.29 is 29.6 Å². The Balaban J connectivity index is 2.64. The van der Waals surface area contributed by atoms with Crippen LogP contribution >= 0.6 is 11.6 Å². The highest BCUT2D eigenvalue weighted by molar-refractivity contribution is 6.29. The van der Waals surface area contributed by atoms with Gasteiger partial charge in [-0.25, -0.2) is 14.6 Å². The van der Waals surface area contributed by atoms with Crippen LogP contribution in [0.15, 0.2) is 12.3 Å². The molecule has 1 rings (SSSR count). The highest BCUT2D eigenvalue weighted by Crippen LogP contribution is 2.24. The van der Waals surface area contributed by atoms with E-state index in [1.165, 1.54) is 0 Å². The van der Waals surface area contributed by atoms with Crippen molar-refractivity contribution in [3.05, 3.63) is 28.5 Å². The Labute approximate surface area is 144 Å². The molecule has 9 heteroatoms. The van der Waals surface area contributed by atoms with Crippen LogP contribution in [0, 0.1) is 0 Å². The number of aliphatic hydroxyl groups excluding tert-OH is 2. The minimum atomic E-state index is -1.48. The smallest absolute Gasteiger partial charge is 0.407 e. The second-order valence-electron chi connectivity index (χ2n) is 6.13. The summed E-state index contributed by atoms with van der Waals surface area (Å²) in [5.74, 6) is -1.30. The van der Waals surface area contributed by atoms with Gasteiger partial charge >= 0.3 is 12.1 Å². The number of nitrogens with one attached hydrogen (secondary N) is 1. The maximum Gasteiger partial charge on any atom is 0.407 e. The molecule has 24 heavy (non-hydrogen) atoms. The van der Waals surface area contributed by atoms with Gasteiger partial charge in [0.05, 0.1) is 11.7 Å². The first-order chi connectivity index (χ1) is 11.0. The molecule has 1 aromatic heterocycles. The molecule has 2 atom stereocenters. The van der Waals surface area contributed by atoms with E-state index in [-0.39, 0.29) is 29.2 Å². The summed E-state index contributed by atoms with van der Waals surface area (Å²) in [6.07, 6.45) is -2.35. The molecule has 0 aliphatic heterocycles. The van der Waals surface area contributed by atoms with Crippen molar-refractivity contribution >= 4 is 23.7 Å². The number of carbonyl (C=O) groups excluding carboxylic acids is 1. The molecule has 134 valence electrons. The van der Waals surface area contributed by atoms with Gasteiger partial charge in [-0.3, -0.25) is 0 Å². The predicted molar refractivity (Wildman–Crippen MR) is 86.0 cm³/mol. The van der Waals surface area contributed by atoms with Gasteiger partial charge in [0, 0.05) is 18.3 Å².